The van der Waals surface area contributed by atoms with Crippen molar-refractivity contribution in [3.8, 4) is 0 Å². The molecule has 57 heavy (non-hydrogen) atoms. The van der Waals surface area contributed by atoms with Crippen LogP contribution in [0.25, 0.3) is 0 Å². The molecule has 3 heterocycles. The molecule has 0 unspecified atom stereocenters. The SMILES string of the molecule is C/C=C/[C@H]1O[C@@H]([C@@H](C)[C@H](O)[C@H](C)[C@H]2OC(=O)/C(OC)=C/C(C)=C/[C@@H](C)[C@@H](O)[C@@H](CC)[C@@H](O)[C@H](C)C/C(C)=C/C=C/[C@@H]2OC)C[C@@H](O[C@@H]2C[C@H](O)[C@@H](O)[C@H](C)O2)[C@@H]1C. The highest BCUT2D eigenvalue weighted by molar-refractivity contribution is 5.87. The number of aliphatic hydroxyl groups excluding tert-OH is 5. The first kappa shape index (κ1) is 49.0. The largest absolute Gasteiger partial charge is 0.490 e. The number of methoxy groups -OCH3 is 2. The molecular formula is C45H74O12. The molecule has 0 spiro atoms. The number of cyclic esters (lactones) is 1. The van der Waals surface area contributed by atoms with Crippen molar-refractivity contribution < 1.29 is 58.7 Å². The summed E-state index contributed by atoms with van der Waals surface area (Å²) in [6.07, 6.45) is 5.88. The minimum absolute atomic E-state index is 0.0581. The summed E-state index contributed by atoms with van der Waals surface area (Å²) in [5.41, 5.74) is 1.68. The maximum absolute atomic E-state index is 13.9. The van der Waals surface area contributed by atoms with Gasteiger partial charge in [0.25, 0.3) is 0 Å². The average molecular weight is 807 g/mol. The van der Waals surface area contributed by atoms with Gasteiger partial charge in [-0.15, -0.1) is 0 Å². The monoisotopic (exact) mass is 807 g/mol. The van der Waals surface area contributed by atoms with Crippen LogP contribution < -0.4 is 0 Å². The zero-order valence-corrected chi connectivity index (χ0v) is 36.4. The first-order valence-corrected chi connectivity index (χ1v) is 20.9. The second-order valence-corrected chi connectivity index (χ2v) is 16.9. The summed E-state index contributed by atoms with van der Waals surface area (Å²) in [5.74, 6) is -2.80. The first-order chi connectivity index (χ1) is 26.9. The normalized spacial score (nSPS) is 43.1. The third-order valence-electron chi connectivity index (χ3n) is 12.4. The Labute approximate surface area is 341 Å². The smallest absolute Gasteiger partial charge is 0.373 e. The van der Waals surface area contributed by atoms with E-state index in [1.165, 1.54) is 14.2 Å². The van der Waals surface area contributed by atoms with Gasteiger partial charge in [0.05, 0.1) is 55.9 Å². The van der Waals surface area contributed by atoms with Gasteiger partial charge >= 0.3 is 5.97 Å². The summed E-state index contributed by atoms with van der Waals surface area (Å²) in [4.78, 5) is 13.9. The Morgan fingerprint density at radius 1 is 0.965 bits per heavy atom. The Morgan fingerprint density at radius 3 is 2.25 bits per heavy atom. The third-order valence-corrected chi connectivity index (χ3v) is 12.4. The second-order valence-electron chi connectivity index (χ2n) is 16.9. The number of carbonyl (C=O) groups excluding carboxylic acids is 1. The number of ether oxygens (including phenoxy) is 6. The fourth-order valence-corrected chi connectivity index (χ4v) is 8.64. The Morgan fingerprint density at radius 2 is 1.65 bits per heavy atom. The summed E-state index contributed by atoms with van der Waals surface area (Å²) >= 11 is 0. The van der Waals surface area contributed by atoms with Gasteiger partial charge in [-0.25, -0.2) is 4.79 Å². The van der Waals surface area contributed by atoms with Gasteiger partial charge in [-0.3, -0.25) is 0 Å². The third kappa shape index (κ3) is 13.0. The number of aliphatic hydroxyl groups is 5. The molecule has 0 aromatic carbocycles. The van der Waals surface area contributed by atoms with Crippen molar-refractivity contribution in [2.75, 3.05) is 14.2 Å². The van der Waals surface area contributed by atoms with Crippen molar-refractivity contribution in [3.05, 3.63) is 59.4 Å². The standard InChI is InChI=1S/C45H74O12/c1-13-16-34-28(7)36(56-39-22-33(46)43(50)31(10)54-39)23-37(55-34)29(8)42(49)30(9)44-35(52-11)18-15-17-24(3)19-26(5)40(47)32(14-2)41(48)27(6)20-25(4)21-38(53-12)45(51)57-44/h13,15-18,20-21,26-37,39-44,46-50H,14,19,22-23H2,1-12H3/b16-13+,18-15+,24-17+,25-20+,38-21-/t26-,27-,28-,29-,30+,31+,32+,33+,34-,35+,36-,37-,39-,40+,41-,42+,43+,44-/m1/s1. The van der Waals surface area contributed by atoms with Crippen molar-refractivity contribution >= 4 is 5.97 Å². The summed E-state index contributed by atoms with van der Waals surface area (Å²) in [6.45, 7) is 19.0. The van der Waals surface area contributed by atoms with Crippen LogP contribution in [0.1, 0.15) is 94.9 Å². The van der Waals surface area contributed by atoms with Gasteiger partial charge in [-0.2, -0.15) is 0 Å². The van der Waals surface area contributed by atoms with Gasteiger partial charge in [-0.1, -0.05) is 89.1 Å². The van der Waals surface area contributed by atoms with Crippen LogP contribution >= 0.6 is 0 Å². The highest BCUT2D eigenvalue weighted by Crippen LogP contribution is 2.37. The molecule has 12 nitrogen and oxygen atoms in total. The first-order valence-electron chi connectivity index (χ1n) is 20.9. The molecule has 0 aromatic heterocycles. The van der Waals surface area contributed by atoms with Gasteiger partial charge in [0.2, 0.25) is 5.76 Å². The zero-order valence-electron chi connectivity index (χ0n) is 36.4. The van der Waals surface area contributed by atoms with E-state index in [-0.39, 0.29) is 48.1 Å². The number of rotatable bonds is 10. The molecule has 12 heteroatoms. The molecule has 0 radical (unpaired) electrons. The number of esters is 1. The summed E-state index contributed by atoms with van der Waals surface area (Å²) in [6, 6.07) is 0. The Hall–Kier alpha value is -2.39. The minimum Gasteiger partial charge on any atom is -0.490 e. The van der Waals surface area contributed by atoms with Gasteiger partial charge < -0.3 is 54.0 Å². The molecule has 0 saturated carbocycles. The predicted molar refractivity (Wildman–Crippen MR) is 219 cm³/mol. The summed E-state index contributed by atoms with van der Waals surface area (Å²) in [5, 5.41) is 55.5. The Kier molecular flexibility index (Phi) is 19.6. The predicted octanol–water partition coefficient (Wildman–Crippen LogP) is 5.56. The molecule has 0 aromatic rings. The minimum atomic E-state index is -1.04. The molecule has 3 aliphatic rings. The molecule has 18 atom stereocenters. The van der Waals surface area contributed by atoms with Gasteiger partial charge in [0.1, 0.15) is 18.3 Å². The van der Waals surface area contributed by atoms with Crippen molar-refractivity contribution in [1.29, 1.82) is 0 Å². The van der Waals surface area contributed by atoms with Crippen LogP contribution in [0.5, 0.6) is 0 Å². The second kappa shape index (κ2) is 22.8. The topological polar surface area (TPSA) is 174 Å². The van der Waals surface area contributed by atoms with Gasteiger partial charge in [0.15, 0.2) is 6.29 Å². The molecule has 326 valence electrons. The number of hydrogen-bond acceptors (Lipinski definition) is 12. The fourth-order valence-electron chi connectivity index (χ4n) is 8.64. The Bertz CT molecular complexity index is 1390. The van der Waals surface area contributed by atoms with Crippen LogP contribution in [-0.4, -0.2) is 119 Å². The highest BCUT2D eigenvalue weighted by atomic mass is 16.7. The van der Waals surface area contributed by atoms with Crippen LogP contribution in [0, 0.1) is 35.5 Å². The van der Waals surface area contributed by atoms with Crippen LogP contribution in [0.3, 0.4) is 0 Å². The van der Waals surface area contributed by atoms with Gasteiger partial charge in [0, 0.05) is 49.5 Å². The summed E-state index contributed by atoms with van der Waals surface area (Å²) in [7, 11) is 2.91. The quantitative estimate of drug-likeness (QED) is 0.138. The van der Waals surface area contributed by atoms with E-state index in [9.17, 15) is 30.3 Å². The molecule has 3 rings (SSSR count). The van der Waals surface area contributed by atoms with E-state index in [0.29, 0.717) is 24.8 Å². The average Bonchev–Trinajstić information content (AvgIpc) is 3.17. The molecule has 5 N–H and O–H groups in total. The lowest BCUT2D eigenvalue weighted by atomic mass is 9.79. The lowest BCUT2D eigenvalue weighted by Gasteiger charge is -2.45. The maximum atomic E-state index is 13.9. The molecule has 2 fully saturated rings. The van der Waals surface area contributed by atoms with Crippen molar-refractivity contribution in [2.24, 2.45) is 35.5 Å². The Balaban J connectivity index is 1.98. The van der Waals surface area contributed by atoms with Crippen LogP contribution in [0.4, 0.5) is 0 Å². The van der Waals surface area contributed by atoms with Crippen LogP contribution in [-0.2, 0) is 33.2 Å². The molecule has 0 aliphatic carbocycles. The molecule has 3 aliphatic heterocycles. The van der Waals surface area contributed by atoms with Crippen molar-refractivity contribution in [2.45, 2.75) is 168 Å². The molecular weight excluding hydrogens is 732 g/mol. The lowest BCUT2D eigenvalue weighted by Crippen LogP contribution is -2.53. The van der Waals surface area contributed by atoms with Crippen molar-refractivity contribution in [3.63, 3.8) is 0 Å². The van der Waals surface area contributed by atoms with E-state index >= 15 is 0 Å². The van der Waals surface area contributed by atoms with E-state index in [1.54, 1.807) is 19.1 Å². The number of hydrogen-bond donors (Lipinski definition) is 5. The van der Waals surface area contributed by atoms with E-state index in [0.717, 1.165) is 5.57 Å². The van der Waals surface area contributed by atoms with Crippen LogP contribution in [0.2, 0.25) is 0 Å². The number of allylic oxidation sites excluding steroid dienone is 6. The fraction of sp³-hybridized carbons (Fsp3) is 0.756. The molecule has 0 amide bonds. The van der Waals surface area contributed by atoms with Crippen molar-refractivity contribution in [1.82, 2.24) is 0 Å². The van der Waals surface area contributed by atoms with E-state index in [1.807, 2.05) is 92.7 Å². The summed E-state index contributed by atoms with van der Waals surface area (Å²) < 4.78 is 36.7. The zero-order chi connectivity index (χ0) is 42.7. The van der Waals surface area contributed by atoms with Gasteiger partial charge in [-0.05, 0) is 52.5 Å². The van der Waals surface area contributed by atoms with E-state index in [2.05, 4.69) is 0 Å². The van der Waals surface area contributed by atoms with E-state index < -0.39 is 79.0 Å². The van der Waals surface area contributed by atoms with E-state index in [4.69, 9.17) is 28.4 Å². The molecule has 0 bridgehead atoms. The molecule has 2 saturated heterocycles. The number of carbonyl (C=O) groups is 1. The maximum Gasteiger partial charge on any atom is 0.373 e. The lowest BCUT2D eigenvalue weighted by molar-refractivity contribution is -0.280. The highest BCUT2D eigenvalue weighted by Gasteiger charge is 2.45. The van der Waals surface area contributed by atoms with Crippen LogP contribution in [0.15, 0.2) is 59.4 Å².